The summed E-state index contributed by atoms with van der Waals surface area (Å²) in [7, 11) is 1.99. The summed E-state index contributed by atoms with van der Waals surface area (Å²) < 4.78 is 0.361. The van der Waals surface area contributed by atoms with E-state index in [0.717, 1.165) is 6.42 Å². The highest BCUT2D eigenvalue weighted by Crippen LogP contribution is 2.39. The van der Waals surface area contributed by atoms with E-state index >= 15 is 0 Å². The molecule has 1 aliphatic rings. The molecule has 0 bridgehead atoms. The van der Waals surface area contributed by atoms with Gasteiger partial charge in [-0.2, -0.15) is 11.8 Å². The number of nitrogens with one attached hydrogen (secondary N) is 1. The second-order valence-electron chi connectivity index (χ2n) is 5.90. The van der Waals surface area contributed by atoms with Gasteiger partial charge >= 0.3 is 0 Å². The molecule has 0 heterocycles. The van der Waals surface area contributed by atoms with Crippen LogP contribution in [0, 0.1) is 5.92 Å². The quantitative estimate of drug-likeness (QED) is 0.781. The molecule has 0 saturated heterocycles. The van der Waals surface area contributed by atoms with Gasteiger partial charge in [-0.25, -0.2) is 0 Å². The van der Waals surface area contributed by atoms with Crippen LogP contribution in [-0.2, 0) is 0 Å². The first-order chi connectivity index (χ1) is 7.43. The molecule has 1 rings (SSSR count). The van der Waals surface area contributed by atoms with Gasteiger partial charge in [0.25, 0.3) is 0 Å². The van der Waals surface area contributed by atoms with Gasteiger partial charge in [0.2, 0.25) is 0 Å². The van der Waals surface area contributed by atoms with Crippen molar-refractivity contribution >= 4 is 11.8 Å². The summed E-state index contributed by atoms with van der Waals surface area (Å²) in [6.45, 7) is 7.09. The first-order valence-corrected chi connectivity index (χ1v) is 7.36. The lowest BCUT2D eigenvalue weighted by molar-refractivity contribution is 0.130. The first-order valence-electron chi connectivity index (χ1n) is 6.37. The number of hydrogen-bond acceptors (Lipinski definition) is 3. The largest absolute Gasteiger partial charge is 0.394 e. The molecule has 1 saturated carbocycles. The van der Waals surface area contributed by atoms with Crippen molar-refractivity contribution in [1.29, 1.82) is 0 Å². The van der Waals surface area contributed by atoms with Gasteiger partial charge in [0, 0.05) is 10.3 Å². The minimum atomic E-state index is 0.0123. The zero-order valence-electron chi connectivity index (χ0n) is 11.2. The summed E-state index contributed by atoms with van der Waals surface area (Å²) in [6.07, 6.45) is 4.88. The molecule has 1 fully saturated rings. The van der Waals surface area contributed by atoms with Gasteiger partial charge in [0.1, 0.15) is 0 Å². The topological polar surface area (TPSA) is 32.3 Å². The highest BCUT2D eigenvalue weighted by molar-refractivity contribution is 8.00. The van der Waals surface area contributed by atoms with Gasteiger partial charge in [-0.15, -0.1) is 0 Å². The lowest BCUT2D eigenvalue weighted by atomic mass is 9.86. The smallest absolute Gasteiger partial charge is 0.0615 e. The molecule has 0 radical (unpaired) electrons. The van der Waals surface area contributed by atoms with Gasteiger partial charge in [-0.3, -0.25) is 0 Å². The fourth-order valence-electron chi connectivity index (χ4n) is 2.69. The van der Waals surface area contributed by atoms with Crippen LogP contribution >= 0.6 is 11.8 Å². The van der Waals surface area contributed by atoms with Crippen LogP contribution < -0.4 is 5.32 Å². The summed E-state index contributed by atoms with van der Waals surface area (Å²) in [5.74, 6) is 1.86. The molecule has 1 aliphatic carbocycles. The number of thioether (sulfide) groups is 1. The van der Waals surface area contributed by atoms with Crippen molar-refractivity contribution < 1.29 is 5.11 Å². The molecule has 0 spiro atoms. The fraction of sp³-hybridized carbons (Fsp3) is 1.00. The molecular weight excluding hydrogens is 218 g/mol. The maximum absolute atomic E-state index is 9.58. The minimum absolute atomic E-state index is 0.0123. The van der Waals surface area contributed by atoms with Crippen molar-refractivity contribution in [2.24, 2.45) is 5.92 Å². The lowest BCUT2D eigenvalue weighted by Gasteiger charge is -2.34. The van der Waals surface area contributed by atoms with E-state index in [2.05, 4.69) is 26.1 Å². The number of likely N-dealkylation sites (N-methyl/N-ethyl adjacent to an activating group) is 1. The third-order valence-electron chi connectivity index (χ3n) is 3.74. The molecule has 3 heteroatoms. The molecule has 2 atom stereocenters. The Morgan fingerprint density at radius 1 is 1.44 bits per heavy atom. The lowest BCUT2D eigenvalue weighted by Crippen LogP contribution is -2.49. The summed E-state index contributed by atoms with van der Waals surface area (Å²) in [6, 6.07) is 0. The van der Waals surface area contributed by atoms with Gasteiger partial charge in [-0.1, -0.05) is 27.2 Å². The number of hydrogen-bond donors (Lipinski definition) is 2. The number of aliphatic hydroxyl groups excluding tert-OH is 1. The van der Waals surface area contributed by atoms with Crippen molar-refractivity contribution in [3.8, 4) is 0 Å². The van der Waals surface area contributed by atoms with Crippen molar-refractivity contribution in [3.05, 3.63) is 0 Å². The molecule has 2 nitrogen and oxygen atoms in total. The van der Waals surface area contributed by atoms with Crippen LogP contribution in [0.2, 0.25) is 0 Å². The molecule has 0 aromatic carbocycles. The average Bonchev–Trinajstić information content (AvgIpc) is 2.60. The van der Waals surface area contributed by atoms with Gasteiger partial charge in [-0.05, 0) is 38.0 Å². The van der Waals surface area contributed by atoms with Crippen molar-refractivity contribution in [2.75, 3.05) is 19.4 Å². The molecule has 0 amide bonds. The van der Waals surface area contributed by atoms with Crippen molar-refractivity contribution in [1.82, 2.24) is 5.32 Å². The Balaban J connectivity index is 2.41. The van der Waals surface area contributed by atoms with Crippen LogP contribution in [0.3, 0.4) is 0 Å². The SMILES string of the molecule is CNC1(CO)CCCC1CCSC(C)(C)C. The van der Waals surface area contributed by atoms with Crippen LogP contribution in [0.25, 0.3) is 0 Å². The van der Waals surface area contributed by atoms with E-state index in [-0.39, 0.29) is 12.1 Å². The Morgan fingerprint density at radius 2 is 2.12 bits per heavy atom. The van der Waals surface area contributed by atoms with Crippen LogP contribution in [0.1, 0.15) is 46.5 Å². The summed E-state index contributed by atoms with van der Waals surface area (Å²) >= 11 is 2.03. The molecule has 2 unspecified atom stereocenters. The third-order valence-corrected chi connectivity index (χ3v) is 5.04. The molecular formula is C13H27NOS. The Morgan fingerprint density at radius 3 is 2.62 bits per heavy atom. The number of aliphatic hydroxyl groups is 1. The van der Waals surface area contributed by atoms with E-state index in [0.29, 0.717) is 10.7 Å². The van der Waals surface area contributed by atoms with Crippen LogP contribution in [0.4, 0.5) is 0 Å². The normalized spacial score (nSPS) is 30.9. The number of rotatable bonds is 5. The summed E-state index contributed by atoms with van der Waals surface area (Å²) in [4.78, 5) is 0. The molecule has 0 aromatic heterocycles. The zero-order chi connectivity index (χ0) is 12.2. The monoisotopic (exact) mass is 245 g/mol. The maximum atomic E-state index is 9.58. The molecule has 16 heavy (non-hydrogen) atoms. The second-order valence-corrected chi connectivity index (χ2v) is 7.82. The standard InChI is InChI=1S/C13H27NOS/c1-12(2,3)16-9-7-11-6-5-8-13(11,10-15)14-4/h11,14-15H,5-10H2,1-4H3. The molecule has 2 N–H and O–H groups in total. The van der Waals surface area contributed by atoms with Crippen molar-refractivity contribution in [2.45, 2.75) is 56.7 Å². The van der Waals surface area contributed by atoms with Crippen LogP contribution in [-0.4, -0.2) is 34.8 Å². The highest BCUT2D eigenvalue weighted by Gasteiger charge is 2.40. The van der Waals surface area contributed by atoms with E-state index in [4.69, 9.17) is 0 Å². The average molecular weight is 245 g/mol. The third kappa shape index (κ3) is 3.64. The Kier molecular flexibility index (Phi) is 5.14. The summed E-state index contributed by atoms with van der Waals surface area (Å²) in [5.41, 5.74) is 0.0123. The van der Waals surface area contributed by atoms with E-state index in [1.54, 1.807) is 0 Å². The van der Waals surface area contributed by atoms with Crippen LogP contribution in [0.5, 0.6) is 0 Å². The van der Waals surface area contributed by atoms with Gasteiger partial charge in [0.05, 0.1) is 6.61 Å². The van der Waals surface area contributed by atoms with Gasteiger partial charge in [0.15, 0.2) is 0 Å². The van der Waals surface area contributed by atoms with Crippen molar-refractivity contribution in [3.63, 3.8) is 0 Å². The highest BCUT2D eigenvalue weighted by atomic mass is 32.2. The van der Waals surface area contributed by atoms with E-state index in [1.165, 1.54) is 25.0 Å². The Bertz CT molecular complexity index is 208. The molecule has 96 valence electrons. The van der Waals surface area contributed by atoms with E-state index < -0.39 is 0 Å². The fourth-order valence-corrected chi connectivity index (χ4v) is 3.70. The molecule has 0 aromatic rings. The second kappa shape index (κ2) is 5.74. The Labute approximate surface area is 105 Å². The maximum Gasteiger partial charge on any atom is 0.0615 e. The first kappa shape index (κ1) is 14.3. The van der Waals surface area contributed by atoms with Gasteiger partial charge < -0.3 is 10.4 Å². The van der Waals surface area contributed by atoms with E-state index in [1.807, 2.05) is 18.8 Å². The minimum Gasteiger partial charge on any atom is -0.394 e. The predicted octanol–water partition coefficient (Wildman–Crippen LogP) is 2.66. The Hall–Kier alpha value is 0.270. The zero-order valence-corrected chi connectivity index (χ0v) is 12.0. The van der Waals surface area contributed by atoms with Crippen LogP contribution in [0.15, 0.2) is 0 Å². The molecule has 0 aliphatic heterocycles. The van der Waals surface area contributed by atoms with E-state index in [9.17, 15) is 5.11 Å². The predicted molar refractivity (Wildman–Crippen MR) is 73.0 cm³/mol. The summed E-state index contributed by atoms with van der Waals surface area (Å²) in [5, 5.41) is 12.9.